The van der Waals surface area contributed by atoms with Gasteiger partial charge in [0.15, 0.2) is 0 Å². The van der Waals surface area contributed by atoms with Gasteiger partial charge in [0, 0.05) is 19.2 Å². The van der Waals surface area contributed by atoms with E-state index in [-0.39, 0.29) is 24.1 Å². The van der Waals surface area contributed by atoms with Crippen LogP contribution in [0.15, 0.2) is 30.3 Å². The Hall–Kier alpha value is -1.39. The van der Waals surface area contributed by atoms with Gasteiger partial charge in [-0.1, -0.05) is 12.1 Å². The number of benzene rings is 1. The van der Waals surface area contributed by atoms with Crippen LogP contribution in [0, 0.1) is 11.7 Å². The first-order valence-corrected chi connectivity index (χ1v) is 6.98. The number of nitrogens with zero attached hydrogens (tertiary/aromatic N) is 1. The highest BCUT2D eigenvalue weighted by atomic mass is 35.5. The summed E-state index contributed by atoms with van der Waals surface area (Å²) in [7, 11) is 1.93. The van der Waals surface area contributed by atoms with Gasteiger partial charge in [0.25, 0.3) is 0 Å². The number of nitrogens with one attached hydrogen (secondary N) is 1. The topological polar surface area (TPSA) is 32.3 Å². The van der Waals surface area contributed by atoms with Gasteiger partial charge in [-0.05, 0) is 56.1 Å². The highest BCUT2D eigenvalue weighted by Gasteiger charge is 2.24. The summed E-state index contributed by atoms with van der Waals surface area (Å²) >= 11 is 0. The first kappa shape index (κ1) is 17.7. The fraction of sp³-hybridized carbons (Fsp3) is 0.438. The Labute approximate surface area is 131 Å². The number of rotatable bonds is 4. The summed E-state index contributed by atoms with van der Waals surface area (Å²) < 4.78 is 13.2. The van der Waals surface area contributed by atoms with Crippen LogP contribution in [0.3, 0.4) is 0 Å². The molecule has 1 N–H and O–H groups in total. The van der Waals surface area contributed by atoms with Gasteiger partial charge in [0.05, 0.1) is 0 Å². The monoisotopic (exact) mass is 312 g/mol. The number of hydrogen-bond donors (Lipinski definition) is 1. The lowest BCUT2D eigenvalue weighted by molar-refractivity contribution is -0.125. The van der Waals surface area contributed by atoms with Crippen molar-refractivity contribution in [3.8, 4) is 0 Å². The molecule has 1 aromatic rings. The van der Waals surface area contributed by atoms with Crippen molar-refractivity contribution in [2.45, 2.75) is 13.3 Å². The Bertz CT molecular complexity index is 519. The number of likely N-dealkylation sites (tertiary alicyclic amines) is 1. The smallest absolute Gasteiger partial charge is 0.246 e. The molecule has 1 amide bonds. The van der Waals surface area contributed by atoms with E-state index in [4.69, 9.17) is 0 Å². The molecule has 1 fully saturated rings. The lowest BCUT2D eigenvalue weighted by Crippen LogP contribution is -2.29. The molecule has 21 heavy (non-hydrogen) atoms. The third-order valence-electron chi connectivity index (χ3n) is 3.71. The fourth-order valence-electron chi connectivity index (χ4n) is 2.58. The number of halogens is 2. The predicted octanol–water partition coefficient (Wildman–Crippen LogP) is 2.72. The average molecular weight is 313 g/mol. The maximum Gasteiger partial charge on any atom is 0.246 e. The molecule has 1 atom stereocenters. The second-order valence-electron chi connectivity index (χ2n) is 5.33. The Morgan fingerprint density at radius 3 is 2.95 bits per heavy atom. The van der Waals surface area contributed by atoms with Crippen molar-refractivity contribution in [1.82, 2.24) is 10.2 Å². The van der Waals surface area contributed by atoms with Gasteiger partial charge in [-0.2, -0.15) is 0 Å². The zero-order chi connectivity index (χ0) is 14.5. The van der Waals surface area contributed by atoms with Crippen molar-refractivity contribution in [2.75, 3.05) is 26.7 Å². The molecule has 1 saturated heterocycles. The third kappa shape index (κ3) is 4.83. The number of hydrogen-bond acceptors (Lipinski definition) is 2. The van der Waals surface area contributed by atoms with Crippen LogP contribution >= 0.6 is 12.4 Å². The molecule has 2 rings (SSSR count). The molecular formula is C16H22ClFN2O. The van der Waals surface area contributed by atoms with Gasteiger partial charge >= 0.3 is 0 Å². The quantitative estimate of drug-likeness (QED) is 0.867. The van der Waals surface area contributed by atoms with Crippen molar-refractivity contribution in [1.29, 1.82) is 0 Å². The lowest BCUT2D eigenvalue weighted by Gasteiger charge is -2.15. The van der Waals surface area contributed by atoms with Crippen LogP contribution in [0.25, 0.3) is 5.57 Å². The predicted molar refractivity (Wildman–Crippen MR) is 85.9 cm³/mol. The van der Waals surface area contributed by atoms with Gasteiger partial charge in [-0.25, -0.2) is 4.39 Å². The molecule has 0 spiro atoms. The first-order valence-electron chi connectivity index (χ1n) is 6.98. The van der Waals surface area contributed by atoms with Crippen molar-refractivity contribution in [2.24, 2.45) is 5.92 Å². The van der Waals surface area contributed by atoms with Crippen LogP contribution in [-0.4, -0.2) is 37.5 Å². The lowest BCUT2D eigenvalue weighted by atomic mass is 10.1. The normalized spacial score (nSPS) is 18.5. The van der Waals surface area contributed by atoms with E-state index < -0.39 is 0 Å². The Balaban J connectivity index is 0.00000220. The van der Waals surface area contributed by atoms with Crippen LogP contribution in [0.4, 0.5) is 4.39 Å². The summed E-state index contributed by atoms with van der Waals surface area (Å²) in [5, 5.41) is 3.15. The van der Waals surface area contributed by atoms with Gasteiger partial charge in [-0.15, -0.1) is 12.4 Å². The van der Waals surface area contributed by atoms with Crippen molar-refractivity contribution in [3.63, 3.8) is 0 Å². The molecule has 1 unspecified atom stereocenters. The molecule has 5 heteroatoms. The SMILES string of the molecule is CNCC1CCN(C(=O)/C=C(\C)c2cccc(F)c2)C1.Cl. The molecule has 3 nitrogen and oxygen atoms in total. The van der Waals surface area contributed by atoms with Gasteiger partial charge < -0.3 is 10.2 Å². The molecule has 0 aromatic heterocycles. The molecule has 1 aromatic carbocycles. The summed E-state index contributed by atoms with van der Waals surface area (Å²) in [6.07, 6.45) is 2.65. The molecular weight excluding hydrogens is 291 g/mol. The van der Waals surface area contributed by atoms with Crippen LogP contribution < -0.4 is 5.32 Å². The number of carbonyl (C=O) groups is 1. The van der Waals surface area contributed by atoms with Crippen LogP contribution in [0.2, 0.25) is 0 Å². The molecule has 116 valence electrons. The zero-order valence-electron chi connectivity index (χ0n) is 12.4. The molecule has 0 aliphatic carbocycles. The van der Waals surface area contributed by atoms with E-state index in [1.807, 2.05) is 24.9 Å². The van der Waals surface area contributed by atoms with E-state index in [9.17, 15) is 9.18 Å². The van der Waals surface area contributed by atoms with E-state index in [0.717, 1.165) is 37.2 Å². The minimum atomic E-state index is -0.280. The molecule has 1 heterocycles. The summed E-state index contributed by atoms with van der Waals surface area (Å²) in [6.45, 7) is 4.38. The second-order valence-corrected chi connectivity index (χ2v) is 5.33. The molecule has 1 aliphatic rings. The Morgan fingerprint density at radius 1 is 1.52 bits per heavy atom. The third-order valence-corrected chi connectivity index (χ3v) is 3.71. The number of carbonyl (C=O) groups excluding carboxylic acids is 1. The average Bonchev–Trinajstić information content (AvgIpc) is 2.88. The summed E-state index contributed by atoms with van der Waals surface area (Å²) in [6, 6.07) is 6.33. The molecule has 1 aliphatic heterocycles. The maximum atomic E-state index is 13.2. The standard InChI is InChI=1S/C16H21FN2O.ClH/c1-12(14-4-3-5-15(17)9-14)8-16(20)19-7-6-13(11-19)10-18-2;/h3-5,8-9,13,18H,6-7,10-11H2,1-2H3;1H/b12-8+;. The largest absolute Gasteiger partial charge is 0.339 e. The van der Waals surface area contributed by atoms with Crippen LogP contribution in [0.5, 0.6) is 0 Å². The Kier molecular flexibility index (Phi) is 6.85. The van der Waals surface area contributed by atoms with E-state index in [1.54, 1.807) is 12.1 Å². The van der Waals surface area contributed by atoms with E-state index >= 15 is 0 Å². The van der Waals surface area contributed by atoms with Crippen LogP contribution in [0.1, 0.15) is 18.9 Å². The van der Waals surface area contributed by atoms with Crippen molar-refractivity contribution < 1.29 is 9.18 Å². The summed E-state index contributed by atoms with van der Waals surface area (Å²) in [5.41, 5.74) is 1.55. The zero-order valence-corrected chi connectivity index (χ0v) is 13.3. The van der Waals surface area contributed by atoms with E-state index in [0.29, 0.717) is 5.92 Å². The minimum Gasteiger partial charge on any atom is -0.339 e. The van der Waals surface area contributed by atoms with Crippen molar-refractivity contribution in [3.05, 3.63) is 41.7 Å². The van der Waals surface area contributed by atoms with Gasteiger partial charge in [-0.3, -0.25) is 4.79 Å². The number of amides is 1. The van der Waals surface area contributed by atoms with Crippen molar-refractivity contribution >= 4 is 23.9 Å². The van der Waals surface area contributed by atoms with E-state index in [2.05, 4.69) is 5.32 Å². The second kappa shape index (κ2) is 8.15. The molecule has 0 saturated carbocycles. The number of allylic oxidation sites excluding steroid dienone is 1. The maximum absolute atomic E-state index is 13.2. The molecule has 0 bridgehead atoms. The van der Waals surface area contributed by atoms with E-state index in [1.165, 1.54) is 12.1 Å². The minimum absolute atomic E-state index is 0. The summed E-state index contributed by atoms with van der Waals surface area (Å²) in [4.78, 5) is 14.1. The first-order chi connectivity index (χ1) is 9.60. The summed E-state index contributed by atoms with van der Waals surface area (Å²) in [5.74, 6) is 0.273. The van der Waals surface area contributed by atoms with Crippen LogP contribution in [-0.2, 0) is 4.79 Å². The molecule has 0 radical (unpaired) electrons. The van der Waals surface area contributed by atoms with Gasteiger partial charge in [0.2, 0.25) is 5.91 Å². The fourth-order valence-corrected chi connectivity index (χ4v) is 2.58. The van der Waals surface area contributed by atoms with Gasteiger partial charge in [0.1, 0.15) is 5.82 Å². The highest BCUT2D eigenvalue weighted by Crippen LogP contribution is 2.19. The highest BCUT2D eigenvalue weighted by molar-refractivity contribution is 5.95. The Morgan fingerprint density at radius 2 is 2.29 bits per heavy atom.